The zero-order chi connectivity index (χ0) is 15.4. The summed E-state index contributed by atoms with van der Waals surface area (Å²) in [6.07, 6.45) is 0. The summed E-state index contributed by atoms with van der Waals surface area (Å²) in [6, 6.07) is 9.73. The normalized spacial score (nSPS) is 10.3. The maximum absolute atomic E-state index is 7.83. The minimum absolute atomic E-state index is 0.353. The Morgan fingerprint density at radius 2 is 2.05 bits per heavy atom. The summed E-state index contributed by atoms with van der Waals surface area (Å²) < 4.78 is 5.50. The molecule has 0 saturated heterocycles. The summed E-state index contributed by atoms with van der Waals surface area (Å²) >= 11 is 8.08. The van der Waals surface area contributed by atoms with Crippen molar-refractivity contribution in [2.75, 3.05) is 12.4 Å². The van der Waals surface area contributed by atoms with Crippen molar-refractivity contribution in [3.05, 3.63) is 52.3 Å². The van der Waals surface area contributed by atoms with Gasteiger partial charge in [-0.15, -0.1) is 0 Å². The van der Waals surface area contributed by atoms with Crippen LogP contribution in [0.2, 0.25) is 5.15 Å². The zero-order valence-electron chi connectivity index (χ0n) is 11.7. The molecule has 0 aliphatic carbocycles. The molecule has 0 unspecified atom stereocenters. The molecule has 2 aromatic rings. The molecule has 4 nitrogen and oxygen atoms in total. The van der Waals surface area contributed by atoms with E-state index in [1.54, 1.807) is 7.11 Å². The molecule has 6 heteroatoms. The lowest BCUT2D eigenvalue weighted by Crippen LogP contribution is -2.06. The standard InChI is InChI=1S/C15H15ClIN3O/c1-9-7-12(13(15(17)18)14(16)20-9)19-8-10-3-5-11(21-2)6-4-10/h3-7,18H,8H2,1-2H3,(H,19,20). The monoisotopic (exact) mass is 415 g/mol. The first-order chi connectivity index (χ1) is 10.0. The lowest BCUT2D eigenvalue weighted by Gasteiger charge is -2.13. The number of hydrogen-bond acceptors (Lipinski definition) is 4. The van der Waals surface area contributed by atoms with Crippen LogP contribution in [0.4, 0.5) is 5.69 Å². The van der Waals surface area contributed by atoms with Gasteiger partial charge in [-0.3, -0.25) is 5.41 Å². The van der Waals surface area contributed by atoms with Gasteiger partial charge in [0.25, 0.3) is 0 Å². The van der Waals surface area contributed by atoms with E-state index in [4.69, 9.17) is 21.7 Å². The molecule has 0 amide bonds. The highest BCUT2D eigenvalue weighted by Gasteiger charge is 2.12. The number of aryl methyl sites for hydroxylation is 1. The van der Waals surface area contributed by atoms with Crippen LogP contribution in [0.3, 0.4) is 0 Å². The molecule has 0 bridgehead atoms. The van der Waals surface area contributed by atoms with Crippen molar-refractivity contribution >= 4 is 43.6 Å². The van der Waals surface area contributed by atoms with E-state index in [-0.39, 0.29) is 0 Å². The molecule has 0 aliphatic rings. The fourth-order valence-electron chi connectivity index (χ4n) is 1.92. The number of hydrogen-bond donors (Lipinski definition) is 2. The highest BCUT2D eigenvalue weighted by atomic mass is 127. The molecule has 1 aromatic heterocycles. The molecule has 0 aliphatic heterocycles. The number of aromatic nitrogens is 1. The molecule has 0 fully saturated rings. The Morgan fingerprint density at radius 3 is 2.62 bits per heavy atom. The first-order valence-electron chi connectivity index (χ1n) is 6.29. The van der Waals surface area contributed by atoms with Crippen LogP contribution >= 0.6 is 34.2 Å². The Balaban J connectivity index is 2.20. The molecular formula is C15H15ClIN3O. The first-order valence-corrected chi connectivity index (χ1v) is 7.75. The zero-order valence-corrected chi connectivity index (χ0v) is 14.6. The van der Waals surface area contributed by atoms with E-state index in [0.717, 1.165) is 22.7 Å². The van der Waals surface area contributed by atoms with Gasteiger partial charge in [0.05, 0.1) is 12.7 Å². The molecule has 2 rings (SSSR count). The van der Waals surface area contributed by atoms with Gasteiger partial charge in [-0.25, -0.2) is 4.98 Å². The van der Waals surface area contributed by atoms with E-state index in [9.17, 15) is 0 Å². The number of rotatable bonds is 5. The number of nitrogens with zero attached hydrogens (tertiary/aromatic N) is 1. The topological polar surface area (TPSA) is 58.0 Å². The predicted octanol–water partition coefficient (Wildman–Crippen LogP) is 4.42. The van der Waals surface area contributed by atoms with Crippen molar-refractivity contribution in [3.8, 4) is 5.75 Å². The summed E-state index contributed by atoms with van der Waals surface area (Å²) in [6.45, 7) is 2.52. The number of benzene rings is 1. The Bertz CT molecular complexity index is 659. The van der Waals surface area contributed by atoms with Crippen LogP contribution in [-0.2, 0) is 6.54 Å². The van der Waals surface area contributed by atoms with Crippen molar-refractivity contribution in [2.45, 2.75) is 13.5 Å². The molecule has 1 heterocycles. The lowest BCUT2D eigenvalue weighted by molar-refractivity contribution is 0.414. The van der Waals surface area contributed by atoms with Crippen LogP contribution in [0.15, 0.2) is 30.3 Å². The Labute approximate surface area is 142 Å². The molecule has 0 spiro atoms. The fraction of sp³-hybridized carbons (Fsp3) is 0.200. The number of nitrogens with one attached hydrogen (secondary N) is 2. The number of methoxy groups -OCH3 is 1. The van der Waals surface area contributed by atoms with Gasteiger partial charge in [-0.2, -0.15) is 0 Å². The van der Waals surface area contributed by atoms with Crippen molar-refractivity contribution < 1.29 is 4.74 Å². The summed E-state index contributed by atoms with van der Waals surface area (Å²) in [5, 5.41) is 11.5. The van der Waals surface area contributed by atoms with Crippen LogP contribution in [0, 0.1) is 12.3 Å². The smallest absolute Gasteiger partial charge is 0.141 e. The van der Waals surface area contributed by atoms with Crippen molar-refractivity contribution in [1.29, 1.82) is 5.41 Å². The van der Waals surface area contributed by atoms with Crippen molar-refractivity contribution in [3.63, 3.8) is 0 Å². The third-order valence-corrected chi connectivity index (χ3v) is 3.78. The van der Waals surface area contributed by atoms with Crippen LogP contribution in [0.1, 0.15) is 16.8 Å². The third kappa shape index (κ3) is 4.07. The minimum Gasteiger partial charge on any atom is -0.497 e. The van der Waals surface area contributed by atoms with Gasteiger partial charge >= 0.3 is 0 Å². The van der Waals surface area contributed by atoms with E-state index >= 15 is 0 Å². The lowest BCUT2D eigenvalue weighted by atomic mass is 10.2. The molecule has 21 heavy (non-hydrogen) atoms. The second-order valence-electron chi connectivity index (χ2n) is 4.49. The number of halogens is 2. The molecule has 110 valence electrons. The molecule has 0 atom stereocenters. The van der Waals surface area contributed by atoms with E-state index in [1.165, 1.54) is 0 Å². The summed E-state index contributed by atoms with van der Waals surface area (Å²) in [5.74, 6) is 0.830. The Morgan fingerprint density at radius 1 is 1.38 bits per heavy atom. The van der Waals surface area contributed by atoms with E-state index < -0.39 is 0 Å². The van der Waals surface area contributed by atoms with Crippen molar-refractivity contribution in [2.24, 2.45) is 0 Å². The van der Waals surface area contributed by atoms with Crippen LogP contribution in [0.5, 0.6) is 5.75 Å². The van der Waals surface area contributed by atoms with Gasteiger partial charge in [0.15, 0.2) is 0 Å². The predicted molar refractivity (Wildman–Crippen MR) is 95.2 cm³/mol. The molecule has 1 aromatic carbocycles. The molecular weight excluding hydrogens is 401 g/mol. The second-order valence-corrected chi connectivity index (χ2v) is 5.93. The highest BCUT2D eigenvalue weighted by molar-refractivity contribution is 14.1. The van der Waals surface area contributed by atoms with Gasteiger partial charge in [0, 0.05) is 17.9 Å². The van der Waals surface area contributed by atoms with Gasteiger partial charge in [-0.05, 0) is 53.3 Å². The SMILES string of the molecule is COc1ccc(CNc2cc(C)nc(Cl)c2C(=N)I)cc1. The average Bonchev–Trinajstić information content (AvgIpc) is 2.44. The number of anilines is 1. The first kappa shape index (κ1) is 16.0. The van der Waals surface area contributed by atoms with Crippen molar-refractivity contribution in [1.82, 2.24) is 4.98 Å². The van der Waals surface area contributed by atoms with E-state index in [2.05, 4.69) is 10.3 Å². The maximum atomic E-state index is 7.83. The van der Waals surface area contributed by atoms with Gasteiger partial charge in [0.1, 0.15) is 14.6 Å². The summed E-state index contributed by atoms with van der Waals surface area (Å²) in [7, 11) is 1.65. The summed E-state index contributed by atoms with van der Waals surface area (Å²) in [4.78, 5) is 4.20. The Hall–Kier alpha value is -1.34. The number of pyridine rings is 1. The summed E-state index contributed by atoms with van der Waals surface area (Å²) in [5.41, 5.74) is 3.39. The van der Waals surface area contributed by atoms with Crippen LogP contribution in [-0.4, -0.2) is 15.8 Å². The Kier molecular flexibility index (Phi) is 5.41. The molecule has 0 saturated carbocycles. The van der Waals surface area contributed by atoms with E-state index in [1.807, 2.05) is 59.8 Å². The second kappa shape index (κ2) is 7.09. The van der Waals surface area contributed by atoms with Gasteiger partial charge < -0.3 is 10.1 Å². The average molecular weight is 416 g/mol. The van der Waals surface area contributed by atoms with Gasteiger partial charge in [0.2, 0.25) is 0 Å². The van der Waals surface area contributed by atoms with Crippen LogP contribution in [0.25, 0.3) is 0 Å². The van der Waals surface area contributed by atoms with Crippen LogP contribution < -0.4 is 10.1 Å². The number of ether oxygens (including phenoxy) is 1. The minimum atomic E-state index is 0.353. The molecule has 2 N–H and O–H groups in total. The fourth-order valence-corrected chi connectivity index (χ4v) is 2.96. The molecule has 0 radical (unpaired) electrons. The van der Waals surface area contributed by atoms with Gasteiger partial charge in [-0.1, -0.05) is 23.7 Å². The quantitative estimate of drug-likeness (QED) is 0.432. The third-order valence-electron chi connectivity index (χ3n) is 2.96. The maximum Gasteiger partial charge on any atom is 0.141 e. The van der Waals surface area contributed by atoms with E-state index in [0.29, 0.717) is 21.0 Å². The highest BCUT2D eigenvalue weighted by Crippen LogP contribution is 2.27. The largest absolute Gasteiger partial charge is 0.497 e.